The molecule has 0 unspecified atom stereocenters. The topological polar surface area (TPSA) is 163 Å². The highest BCUT2D eigenvalue weighted by molar-refractivity contribution is 9.10. The number of halogens is 4. The molecule has 4 rings (SSSR count). The number of benzene rings is 2. The van der Waals surface area contributed by atoms with Crippen LogP contribution < -0.4 is 9.64 Å². The molecular formula is C30H29BrF3N3O10S2. The summed E-state index contributed by atoms with van der Waals surface area (Å²) in [6.07, 6.45) is -5.54. The van der Waals surface area contributed by atoms with Gasteiger partial charge in [-0.05, 0) is 59.0 Å². The first kappa shape index (κ1) is 37.7. The Morgan fingerprint density at radius 3 is 2.41 bits per heavy atom. The Bertz CT molecular complexity index is 1840. The maximum atomic E-state index is 14.0. The van der Waals surface area contributed by atoms with Crippen molar-refractivity contribution in [1.82, 2.24) is 4.31 Å². The number of rotatable bonds is 12. The van der Waals surface area contributed by atoms with Crippen molar-refractivity contribution in [2.75, 3.05) is 38.3 Å². The van der Waals surface area contributed by atoms with Gasteiger partial charge in [-0.3, -0.25) is 14.9 Å². The fourth-order valence-electron chi connectivity index (χ4n) is 5.14. The Kier molecular flexibility index (Phi) is 12.1. The zero-order valence-corrected chi connectivity index (χ0v) is 29.1. The fraction of sp³-hybridized carbons (Fsp3) is 0.367. The van der Waals surface area contributed by atoms with Crippen LogP contribution in [0.5, 0.6) is 5.75 Å². The molecule has 1 saturated heterocycles. The third-order valence-corrected chi connectivity index (χ3v) is 11.4. The number of nitro groups is 1. The van der Waals surface area contributed by atoms with Crippen molar-refractivity contribution in [3.05, 3.63) is 73.6 Å². The highest BCUT2D eigenvalue weighted by Crippen LogP contribution is 2.47. The zero-order valence-electron chi connectivity index (χ0n) is 25.9. The van der Waals surface area contributed by atoms with Crippen molar-refractivity contribution < 1.29 is 55.1 Å². The summed E-state index contributed by atoms with van der Waals surface area (Å²) in [6.45, 7) is 0.745. The number of nitrogens with zero attached hydrogens (tertiary/aromatic N) is 3. The van der Waals surface area contributed by atoms with Gasteiger partial charge in [-0.2, -0.15) is 13.2 Å². The number of amides is 1. The third-order valence-electron chi connectivity index (χ3n) is 7.32. The number of thiophene rings is 1. The summed E-state index contributed by atoms with van der Waals surface area (Å²) in [7, 11) is -2.88. The van der Waals surface area contributed by atoms with Gasteiger partial charge >= 0.3 is 24.0 Å². The van der Waals surface area contributed by atoms with E-state index in [-0.39, 0.29) is 64.6 Å². The van der Waals surface area contributed by atoms with Gasteiger partial charge in [0.15, 0.2) is 17.2 Å². The lowest BCUT2D eigenvalue weighted by atomic mass is 10.0. The van der Waals surface area contributed by atoms with E-state index in [2.05, 4.69) is 15.9 Å². The minimum atomic E-state index is -5.27. The van der Waals surface area contributed by atoms with Crippen LogP contribution in [0.25, 0.3) is 10.4 Å². The first-order valence-corrected chi connectivity index (χ1v) is 17.7. The van der Waals surface area contributed by atoms with Gasteiger partial charge in [0.05, 0.1) is 33.7 Å². The fourth-order valence-corrected chi connectivity index (χ4v) is 8.66. The summed E-state index contributed by atoms with van der Waals surface area (Å²) in [5.74, 6) is -4.26. The van der Waals surface area contributed by atoms with Crippen LogP contribution >= 0.6 is 27.3 Å². The Morgan fingerprint density at radius 2 is 1.80 bits per heavy atom. The summed E-state index contributed by atoms with van der Waals surface area (Å²) in [5, 5.41) is 11.1. The lowest BCUT2D eigenvalue weighted by molar-refractivity contribution is -0.384. The van der Waals surface area contributed by atoms with Crippen LogP contribution in [-0.2, 0) is 34.8 Å². The third kappa shape index (κ3) is 8.94. The van der Waals surface area contributed by atoms with Crippen molar-refractivity contribution in [3.63, 3.8) is 0 Å². The molecule has 3 aromatic rings. The minimum Gasteiger partial charge on any atom is -0.479 e. The number of hydrogen-bond donors (Lipinski definition) is 0. The quantitative estimate of drug-likeness (QED) is 0.126. The van der Waals surface area contributed by atoms with E-state index in [1.54, 1.807) is 6.92 Å². The molecule has 49 heavy (non-hydrogen) atoms. The molecule has 1 aliphatic heterocycles. The Hall–Kier alpha value is -4.07. The molecule has 0 N–H and O–H groups in total. The lowest BCUT2D eigenvalue weighted by Gasteiger charge is -2.38. The van der Waals surface area contributed by atoms with E-state index in [0.29, 0.717) is 15.3 Å². The number of ether oxygens (including phenoxy) is 3. The first-order chi connectivity index (χ1) is 23.1. The van der Waals surface area contributed by atoms with E-state index in [4.69, 9.17) is 14.2 Å². The standard InChI is InChI=1S/C30H29BrF3N3O10S2/c1-3-46-23(38)16-47-25-24(31)26(48-27(25)28(39)45-2)19-7-5-8-21(15-19)36(29(40)30(32,33)34)20-10-12-35(13-11-20)49(43,44)17-18-6-4-9-22(14-18)37(41)42/h4-9,14-15,20H,3,10-13,16-17H2,1-2H3. The molecule has 1 fully saturated rings. The summed E-state index contributed by atoms with van der Waals surface area (Å²) in [5.41, 5.74) is 0.0483. The van der Waals surface area contributed by atoms with Crippen LogP contribution in [-0.4, -0.2) is 81.1 Å². The second-order valence-corrected chi connectivity index (χ2v) is 14.3. The number of esters is 2. The summed E-state index contributed by atoms with van der Waals surface area (Å²) < 4.78 is 84.7. The van der Waals surface area contributed by atoms with Crippen LogP contribution in [0.4, 0.5) is 24.5 Å². The van der Waals surface area contributed by atoms with E-state index < -0.39 is 57.4 Å². The van der Waals surface area contributed by atoms with E-state index in [0.717, 1.165) is 28.8 Å². The molecule has 19 heteroatoms. The molecule has 0 bridgehead atoms. The highest BCUT2D eigenvalue weighted by Gasteiger charge is 2.46. The Balaban J connectivity index is 1.62. The van der Waals surface area contributed by atoms with Crippen LogP contribution in [0, 0.1) is 10.1 Å². The van der Waals surface area contributed by atoms with Gasteiger partial charge in [-0.15, -0.1) is 11.3 Å². The van der Waals surface area contributed by atoms with E-state index in [1.807, 2.05) is 0 Å². The summed E-state index contributed by atoms with van der Waals surface area (Å²) in [6, 6.07) is 9.66. The number of piperidine rings is 1. The number of carbonyl (C=O) groups excluding carboxylic acids is 3. The number of nitro benzene ring substituents is 1. The van der Waals surface area contributed by atoms with Crippen molar-refractivity contribution >= 4 is 66.5 Å². The monoisotopic (exact) mass is 791 g/mol. The highest BCUT2D eigenvalue weighted by atomic mass is 79.9. The Labute approximate surface area is 290 Å². The summed E-state index contributed by atoms with van der Waals surface area (Å²) >= 11 is 4.23. The molecule has 2 aromatic carbocycles. The number of hydrogen-bond acceptors (Lipinski definition) is 11. The number of alkyl halides is 3. The lowest BCUT2D eigenvalue weighted by Crippen LogP contribution is -2.52. The molecule has 0 saturated carbocycles. The molecule has 1 amide bonds. The molecule has 0 aliphatic carbocycles. The maximum Gasteiger partial charge on any atom is 0.471 e. The van der Waals surface area contributed by atoms with E-state index in [1.165, 1.54) is 42.5 Å². The molecular weight excluding hydrogens is 763 g/mol. The molecule has 0 radical (unpaired) electrons. The molecule has 13 nitrogen and oxygen atoms in total. The van der Waals surface area contributed by atoms with Crippen LogP contribution in [0.2, 0.25) is 0 Å². The van der Waals surface area contributed by atoms with Crippen LogP contribution in [0.1, 0.15) is 35.0 Å². The second-order valence-electron chi connectivity index (χ2n) is 10.5. The van der Waals surface area contributed by atoms with Gasteiger partial charge in [-0.25, -0.2) is 22.3 Å². The SMILES string of the molecule is CCOC(=O)COc1c(C(=O)OC)sc(-c2cccc(N(C(=O)C(F)(F)F)C3CCN(S(=O)(=O)Cc4cccc([N+](=O)[O-])c4)CC3)c2)c1Br. The average molecular weight is 793 g/mol. The molecule has 2 heterocycles. The van der Waals surface area contributed by atoms with Crippen molar-refractivity contribution in [2.45, 2.75) is 37.7 Å². The zero-order chi connectivity index (χ0) is 36.1. The largest absolute Gasteiger partial charge is 0.479 e. The van der Waals surface area contributed by atoms with E-state index in [9.17, 15) is 46.1 Å². The van der Waals surface area contributed by atoms with Crippen molar-refractivity contribution in [1.29, 1.82) is 0 Å². The normalized spacial score (nSPS) is 14.2. The van der Waals surface area contributed by atoms with Gasteiger partial charge in [0, 0.05) is 37.0 Å². The predicted octanol–water partition coefficient (Wildman–Crippen LogP) is 5.70. The summed E-state index contributed by atoms with van der Waals surface area (Å²) in [4.78, 5) is 48.6. The van der Waals surface area contributed by atoms with Crippen molar-refractivity contribution in [3.8, 4) is 16.2 Å². The number of non-ortho nitro benzene ring substituents is 1. The second kappa shape index (κ2) is 15.6. The maximum absolute atomic E-state index is 14.0. The number of methoxy groups -OCH3 is 1. The number of sulfonamides is 1. The molecule has 1 aromatic heterocycles. The van der Waals surface area contributed by atoms with Crippen molar-refractivity contribution in [2.24, 2.45) is 0 Å². The van der Waals surface area contributed by atoms with Gasteiger partial charge in [0.1, 0.15) is 0 Å². The molecule has 0 spiro atoms. The van der Waals surface area contributed by atoms with Gasteiger partial charge < -0.3 is 19.1 Å². The van der Waals surface area contributed by atoms with Crippen LogP contribution in [0.3, 0.4) is 0 Å². The van der Waals surface area contributed by atoms with Gasteiger partial charge in [0.25, 0.3) is 5.69 Å². The average Bonchev–Trinajstić information content (AvgIpc) is 3.39. The van der Waals surface area contributed by atoms with Gasteiger partial charge in [0.2, 0.25) is 10.0 Å². The van der Waals surface area contributed by atoms with Gasteiger partial charge in [-0.1, -0.05) is 24.3 Å². The predicted molar refractivity (Wildman–Crippen MR) is 175 cm³/mol. The van der Waals surface area contributed by atoms with Crippen LogP contribution in [0.15, 0.2) is 53.0 Å². The molecule has 1 aliphatic rings. The molecule has 0 atom stereocenters. The smallest absolute Gasteiger partial charge is 0.471 e. The Morgan fingerprint density at radius 1 is 1.12 bits per heavy atom. The molecule has 264 valence electrons. The van der Waals surface area contributed by atoms with E-state index >= 15 is 0 Å². The first-order valence-electron chi connectivity index (χ1n) is 14.5. The minimum absolute atomic E-state index is 0.0408. The number of carbonyl (C=O) groups is 3. The number of anilines is 1.